The van der Waals surface area contributed by atoms with Crippen LogP contribution in [-0.2, 0) is 21.7 Å². The van der Waals surface area contributed by atoms with Crippen molar-refractivity contribution in [2.75, 3.05) is 9.80 Å². The predicted octanol–water partition coefficient (Wildman–Crippen LogP) is 13.6. The SMILES string of the molecule is CC1(C)CCC(C)(C)c2cc3c(cc21)c1cc2c(cc1n3-c1cc3c4c(c1)N(c1ccccc1)c1ccccc1B4c1ccccc1N3c1ccccc1)C(C)(C)CCC2(C)C. The zero-order valence-corrected chi connectivity index (χ0v) is 37.6. The summed E-state index contributed by atoms with van der Waals surface area (Å²) in [5.74, 6) is 0. The molecule has 0 fully saturated rings. The van der Waals surface area contributed by atoms with Crippen molar-refractivity contribution in [1.82, 2.24) is 4.57 Å². The van der Waals surface area contributed by atoms with Crippen LogP contribution < -0.4 is 26.2 Å². The van der Waals surface area contributed by atoms with Gasteiger partial charge in [0, 0.05) is 44.9 Å². The number of rotatable bonds is 3. The molecule has 0 radical (unpaired) electrons. The van der Waals surface area contributed by atoms with Crippen LogP contribution in [0, 0.1) is 0 Å². The van der Waals surface area contributed by atoms with E-state index in [0.29, 0.717) is 0 Å². The second-order valence-electron chi connectivity index (χ2n) is 21.5. The Bertz CT molecular complexity index is 2940. The fourth-order valence-electron chi connectivity index (χ4n) is 12.1. The van der Waals surface area contributed by atoms with Gasteiger partial charge in [-0.15, -0.1) is 0 Å². The first kappa shape index (κ1) is 37.7. The van der Waals surface area contributed by atoms with Gasteiger partial charge in [-0.25, -0.2) is 0 Å². The Labute approximate surface area is 368 Å². The normalized spacial score (nSPS) is 18.5. The van der Waals surface area contributed by atoms with Gasteiger partial charge in [0.15, 0.2) is 0 Å². The lowest BCUT2D eigenvalue weighted by Crippen LogP contribution is -2.61. The molecule has 3 heterocycles. The minimum Gasteiger partial charge on any atom is -0.311 e. The Hall–Kier alpha value is -6.00. The van der Waals surface area contributed by atoms with Gasteiger partial charge in [0.25, 0.3) is 6.71 Å². The quantitative estimate of drug-likeness (QED) is 0.165. The maximum Gasteiger partial charge on any atom is 0.252 e. The van der Waals surface area contributed by atoms with Crippen LogP contribution in [-0.4, -0.2) is 11.3 Å². The van der Waals surface area contributed by atoms with E-state index >= 15 is 0 Å². The Balaban J connectivity index is 1.26. The van der Waals surface area contributed by atoms with Crippen molar-refractivity contribution in [3.05, 3.63) is 168 Å². The largest absolute Gasteiger partial charge is 0.311 e. The molecule has 12 rings (SSSR count). The highest BCUT2D eigenvalue weighted by atomic mass is 15.2. The summed E-state index contributed by atoms with van der Waals surface area (Å²) in [5, 5.41) is 2.73. The average Bonchev–Trinajstić information content (AvgIpc) is 3.59. The van der Waals surface area contributed by atoms with E-state index in [1.54, 1.807) is 0 Å². The first-order chi connectivity index (χ1) is 29.7. The van der Waals surface area contributed by atoms with Crippen molar-refractivity contribution >= 4 is 79.0 Å². The van der Waals surface area contributed by atoms with Crippen molar-refractivity contribution in [3.8, 4) is 5.69 Å². The van der Waals surface area contributed by atoms with Crippen LogP contribution in [0.25, 0.3) is 27.5 Å². The molecule has 1 aromatic heterocycles. The zero-order valence-electron chi connectivity index (χ0n) is 37.6. The molecule has 0 saturated carbocycles. The number of aromatic nitrogens is 1. The van der Waals surface area contributed by atoms with E-state index in [4.69, 9.17) is 0 Å². The first-order valence-corrected chi connectivity index (χ1v) is 23.0. The number of hydrogen-bond acceptors (Lipinski definition) is 2. The fourth-order valence-corrected chi connectivity index (χ4v) is 12.1. The molecule has 0 N–H and O–H groups in total. The Morgan fingerprint density at radius 2 is 0.726 bits per heavy atom. The monoisotopic (exact) mass is 805 g/mol. The molecule has 306 valence electrons. The zero-order chi connectivity index (χ0) is 42.5. The molecule has 4 heteroatoms. The third-order valence-electron chi connectivity index (χ3n) is 15.9. The standard InChI is InChI=1S/C58H56BN3/c1-55(2)27-29-57(5,6)44-35-50-40(33-42(44)55)41-34-43-45(58(7,8)30-28-56(43,3)4)36-51(41)62(50)39-31-52-54-53(32-39)61(38-21-13-10-14-22-38)49-26-18-16-24-47(49)59(54)46-23-15-17-25-48(46)60(52)37-19-11-9-12-20-37/h9-26,31-36H,27-30H2,1-8H3. The van der Waals surface area contributed by atoms with E-state index in [0.717, 1.165) is 0 Å². The highest BCUT2D eigenvalue weighted by Crippen LogP contribution is 2.53. The highest BCUT2D eigenvalue weighted by molar-refractivity contribution is 7.00. The smallest absolute Gasteiger partial charge is 0.252 e. The lowest BCUT2D eigenvalue weighted by atomic mass is 9.33. The molecule has 0 bridgehead atoms. The summed E-state index contributed by atoms with van der Waals surface area (Å²) in [6.45, 7) is 19.8. The van der Waals surface area contributed by atoms with Gasteiger partial charge in [0.05, 0.1) is 16.7 Å². The third-order valence-corrected chi connectivity index (χ3v) is 15.9. The van der Waals surface area contributed by atoms with E-state index in [9.17, 15) is 0 Å². The molecular formula is C58H56BN3. The van der Waals surface area contributed by atoms with Crippen LogP contribution in [0.5, 0.6) is 0 Å². The second-order valence-corrected chi connectivity index (χ2v) is 21.5. The van der Waals surface area contributed by atoms with Gasteiger partial charge in [-0.05, 0) is 159 Å². The third kappa shape index (κ3) is 5.25. The molecular weight excluding hydrogens is 749 g/mol. The summed E-state index contributed by atoms with van der Waals surface area (Å²) in [6.07, 6.45) is 4.74. The van der Waals surface area contributed by atoms with Gasteiger partial charge < -0.3 is 14.4 Å². The van der Waals surface area contributed by atoms with Gasteiger partial charge in [0.1, 0.15) is 0 Å². The Morgan fingerprint density at radius 3 is 1.13 bits per heavy atom. The van der Waals surface area contributed by atoms with Gasteiger partial charge >= 0.3 is 0 Å². The van der Waals surface area contributed by atoms with Crippen LogP contribution in [0.15, 0.2) is 146 Å². The Kier molecular flexibility index (Phi) is 7.78. The average molecular weight is 806 g/mol. The molecule has 0 saturated heterocycles. The first-order valence-electron chi connectivity index (χ1n) is 23.0. The number of benzene rings is 7. The summed E-state index contributed by atoms with van der Waals surface area (Å²) >= 11 is 0. The fraction of sp³-hybridized carbons (Fsp3) is 0.276. The molecule has 0 amide bonds. The van der Waals surface area contributed by atoms with Gasteiger partial charge in [-0.2, -0.15) is 0 Å². The number of anilines is 6. The van der Waals surface area contributed by atoms with E-state index in [1.807, 2.05) is 0 Å². The second kappa shape index (κ2) is 12.8. The molecule has 0 atom stereocenters. The number of hydrogen-bond donors (Lipinski definition) is 0. The van der Waals surface area contributed by atoms with E-state index < -0.39 is 0 Å². The van der Waals surface area contributed by atoms with Crippen LogP contribution in [0.3, 0.4) is 0 Å². The summed E-state index contributed by atoms with van der Waals surface area (Å²) in [7, 11) is 0. The molecule has 4 aliphatic rings. The topological polar surface area (TPSA) is 11.4 Å². The van der Waals surface area contributed by atoms with Crippen LogP contribution in [0.4, 0.5) is 34.1 Å². The van der Waals surface area contributed by atoms with Crippen LogP contribution in [0.1, 0.15) is 103 Å². The minimum atomic E-state index is 0.0697. The number of para-hydroxylation sites is 4. The molecule has 2 aliphatic heterocycles. The molecule has 62 heavy (non-hydrogen) atoms. The number of nitrogens with zero attached hydrogens (tertiary/aromatic N) is 3. The molecule has 7 aromatic carbocycles. The van der Waals surface area contributed by atoms with Crippen molar-refractivity contribution in [2.45, 2.75) is 103 Å². The van der Waals surface area contributed by atoms with Crippen molar-refractivity contribution < 1.29 is 0 Å². The molecule has 3 nitrogen and oxygen atoms in total. The van der Waals surface area contributed by atoms with Crippen LogP contribution >= 0.6 is 0 Å². The summed E-state index contributed by atoms with van der Waals surface area (Å²) in [5.41, 5.74) is 21.4. The van der Waals surface area contributed by atoms with Crippen molar-refractivity contribution in [2.24, 2.45) is 0 Å². The predicted molar refractivity (Wildman–Crippen MR) is 265 cm³/mol. The van der Waals surface area contributed by atoms with Gasteiger partial charge in [0.2, 0.25) is 0 Å². The highest BCUT2D eigenvalue weighted by Gasteiger charge is 2.45. The van der Waals surface area contributed by atoms with Gasteiger partial charge in [-0.3, -0.25) is 0 Å². The summed E-state index contributed by atoms with van der Waals surface area (Å²) in [6, 6.07) is 55.8. The molecule has 0 spiro atoms. The molecule has 8 aromatic rings. The van der Waals surface area contributed by atoms with Crippen LogP contribution in [0.2, 0.25) is 0 Å². The molecule has 0 unspecified atom stereocenters. The summed E-state index contributed by atoms with van der Waals surface area (Å²) < 4.78 is 2.67. The van der Waals surface area contributed by atoms with E-state index in [1.165, 1.54) is 126 Å². The molecule has 2 aliphatic carbocycles. The minimum absolute atomic E-state index is 0.0697. The Morgan fingerprint density at radius 1 is 0.371 bits per heavy atom. The van der Waals surface area contributed by atoms with Crippen molar-refractivity contribution in [1.29, 1.82) is 0 Å². The number of fused-ring (bicyclic) bond motifs is 9. The van der Waals surface area contributed by atoms with Gasteiger partial charge in [-0.1, -0.05) is 128 Å². The lowest BCUT2D eigenvalue weighted by Gasteiger charge is -2.44. The van der Waals surface area contributed by atoms with E-state index in [2.05, 4.69) is 215 Å². The lowest BCUT2D eigenvalue weighted by molar-refractivity contribution is 0.332. The maximum atomic E-state index is 2.67. The van der Waals surface area contributed by atoms with E-state index in [-0.39, 0.29) is 28.4 Å². The summed E-state index contributed by atoms with van der Waals surface area (Å²) in [4.78, 5) is 5.08. The van der Waals surface area contributed by atoms with Crippen molar-refractivity contribution in [3.63, 3.8) is 0 Å². The maximum absolute atomic E-state index is 2.67.